The SMILES string of the molecule is N.O=P([O-])(O)F.[Na+]. The molecule has 0 saturated heterocycles. The minimum atomic E-state index is -5.39. The van der Waals surface area contributed by atoms with Crippen molar-refractivity contribution in [3.63, 3.8) is 0 Å². The van der Waals surface area contributed by atoms with E-state index in [1.807, 2.05) is 0 Å². The van der Waals surface area contributed by atoms with Crippen LogP contribution in [-0.4, -0.2) is 4.89 Å². The summed E-state index contributed by atoms with van der Waals surface area (Å²) in [5.41, 5.74) is 0. The molecule has 0 amide bonds. The van der Waals surface area contributed by atoms with E-state index in [0.29, 0.717) is 0 Å². The predicted octanol–water partition coefficient (Wildman–Crippen LogP) is -3.42. The van der Waals surface area contributed by atoms with Crippen molar-refractivity contribution >= 4 is 7.91 Å². The Morgan fingerprint density at radius 3 is 1.71 bits per heavy atom. The van der Waals surface area contributed by atoms with Crippen molar-refractivity contribution in [2.75, 3.05) is 0 Å². The molecule has 0 aromatic carbocycles. The molecule has 0 radical (unpaired) electrons. The van der Waals surface area contributed by atoms with Crippen LogP contribution in [0.15, 0.2) is 0 Å². The van der Waals surface area contributed by atoms with Gasteiger partial charge in [0.15, 0.2) is 0 Å². The van der Waals surface area contributed by atoms with Crippen LogP contribution < -0.4 is 40.6 Å². The fourth-order valence-corrected chi connectivity index (χ4v) is 0. The van der Waals surface area contributed by atoms with Crippen LogP contribution >= 0.6 is 7.91 Å². The molecule has 0 aliphatic rings. The van der Waals surface area contributed by atoms with Crippen LogP contribution in [0.1, 0.15) is 0 Å². The van der Waals surface area contributed by atoms with Gasteiger partial charge in [-0.3, -0.25) is 4.57 Å². The molecule has 7 heteroatoms. The molecule has 0 aromatic rings. The monoisotopic (exact) mass is 139 g/mol. The molecule has 0 heterocycles. The molecule has 1 unspecified atom stereocenters. The number of hydrogen-bond donors (Lipinski definition) is 2. The molecule has 0 spiro atoms. The van der Waals surface area contributed by atoms with E-state index in [4.69, 9.17) is 14.4 Å². The molecule has 0 fully saturated rings. The van der Waals surface area contributed by atoms with Gasteiger partial charge in [0.05, 0.1) is 0 Å². The minimum absolute atomic E-state index is 0. The largest absolute Gasteiger partial charge is 1.00 e. The Morgan fingerprint density at radius 2 is 1.71 bits per heavy atom. The Kier molecular flexibility index (Phi) is 11.6. The van der Waals surface area contributed by atoms with E-state index in [1.165, 1.54) is 0 Å². The van der Waals surface area contributed by atoms with Gasteiger partial charge < -0.3 is 15.9 Å². The third-order valence-electron chi connectivity index (χ3n) is 0. The Labute approximate surface area is 62.3 Å². The van der Waals surface area contributed by atoms with Crippen LogP contribution in [0.5, 0.6) is 0 Å². The Balaban J connectivity index is -0.0000000800. The number of halogens is 1. The zero-order valence-corrected chi connectivity index (χ0v) is 6.69. The molecule has 0 rings (SSSR count). The van der Waals surface area contributed by atoms with Crippen molar-refractivity contribution in [3.8, 4) is 0 Å². The fourth-order valence-electron chi connectivity index (χ4n) is 0. The average Bonchev–Trinajstić information content (AvgIpc) is 0.722. The van der Waals surface area contributed by atoms with E-state index in [0.717, 1.165) is 0 Å². The van der Waals surface area contributed by atoms with Gasteiger partial charge in [0.25, 0.3) is 0 Å². The van der Waals surface area contributed by atoms with Gasteiger partial charge in [-0.25, -0.2) is 0 Å². The molecule has 0 bridgehead atoms. The van der Waals surface area contributed by atoms with Crippen molar-refractivity contribution in [3.05, 3.63) is 0 Å². The minimum Gasteiger partial charge on any atom is -0.753 e. The first-order valence-electron chi connectivity index (χ1n) is 0.734. The van der Waals surface area contributed by atoms with Gasteiger partial charge in [-0.2, -0.15) is 4.20 Å². The van der Waals surface area contributed by atoms with Crippen molar-refractivity contribution < 1.29 is 48.1 Å². The number of rotatable bonds is 0. The Hall–Kier alpha value is 1.04. The summed E-state index contributed by atoms with van der Waals surface area (Å²) in [6.45, 7) is 0. The smallest absolute Gasteiger partial charge is 0.753 e. The first-order chi connectivity index (χ1) is 2.00. The molecule has 1 atom stereocenters. The third-order valence-corrected chi connectivity index (χ3v) is 0. The van der Waals surface area contributed by atoms with Gasteiger partial charge in [0, 0.05) is 0 Å². The summed E-state index contributed by atoms with van der Waals surface area (Å²) in [6, 6.07) is 0. The molecular formula is H4FNNaO3P. The second-order valence-corrected chi connectivity index (χ2v) is 1.35. The van der Waals surface area contributed by atoms with Crippen molar-refractivity contribution in [1.82, 2.24) is 6.15 Å². The van der Waals surface area contributed by atoms with Crippen LogP contribution in [0.4, 0.5) is 4.20 Å². The molecule has 0 saturated carbocycles. The first-order valence-corrected chi connectivity index (χ1v) is 2.20. The van der Waals surface area contributed by atoms with E-state index < -0.39 is 7.91 Å². The van der Waals surface area contributed by atoms with Crippen LogP contribution in [0.3, 0.4) is 0 Å². The first kappa shape index (κ1) is 15.7. The molecule has 0 aromatic heterocycles. The summed E-state index contributed by atoms with van der Waals surface area (Å²) in [5, 5.41) is 0. The summed E-state index contributed by atoms with van der Waals surface area (Å²) in [7, 11) is -5.39. The maximum Gasteiger partial charge on any atom is 1.00 e. The van der Waals surface area contributed by atoms with Crippen LogP contribution in [0.25, 0.3) is 0 Å². The van der Waals surface area contributed by atoms with E-state index in [1.54, 1.807) is 0 Å². The average molecular weight is 139 g/mol. The topological polar surface area (TPSA) is 95.4 Å². The quantitative estimate of drug-likeness (QED) is 0.270. The second-order valence-electron chi connectivity index (χ2n) is 0.451. The standard InChI is InChI=1S/FH2O3P.H3N.Na/c1-5(2,3)4;;/h(H2,2,3,4);1H3;/q;;+1/p-1. The van der Waals surface area contributed by atoms with Gasteiger partial charge in [-0.05, 0) is 0 Å². The number of hydrogen-bond acceptors (Lipinski definition) is 3. The van der Waals surface area contributed by atoms with E-state index in [2.05, 4.69) is 0 Å². The van der Waals surface area contributed by atoms with Gasteiger partial charge in [-0.15, -0.1) is 0 Å². The summed E-state index contributed by atoms with van der Waals surface area (Å²) >= 11 is 0. The molecule has 4 nitrogen and oxygen atoms in total. The predicted molar refractivity (Wildman–Crippen MR) is 16.0 cm³/mol. The zero-order valence-electron chi connectivity index (χ0n) is 3.80. The van der Waals surface area contributed by atoms with Gasteiger partial charge in [-0.1, -0.05) is 0 Å². The Bertz CT molecular complexity index is 61.1. The van der Waals surface area contributed by atoms with Crippen molar-refractivity contribution in [2.45, 2.75) is 0 Å². The molecule has 40 valence electrons. The van der Waals surface area contributed by atoms with E-state index in [-0.39, 0.29) is 35.7 Å². The molecular weight excluding hydrogens is 135 g/mol. The normalized spacial score (nSPS) is 15.3. The third kappa shape index (κ3) is 165. The van der Waals surface area contributed by atoms with Crippen LogP contribution in [0.2, 0.25) is 0 Å². The van der Waals surface area contributed by atoms with Gasteiger partial charge in [0.1, 0.15) is 0 Å². The molecule has 0 aliphatic carbocycles. The maximum absolute atomic E-state index is 10.2. The fraction of sp³-hybridized carbons (Fsp3) is 0. The Morgan fingerprint density at radius 1 is 1.71 bits per heavy atom. The summed E-state index contributed by atoms with van der Waals surface area (Å²) < 4.78 is 18.8. The molecule has 7 heavy (non-hydrogen) atoms. The maximum atomic E-state index is 10.2. The zero-order chi connectivity index (χ0) is 4.50. The van der Waals surface area contributed by atoms with Crippen LogP contribution in [-0.2, 0) is 4.57 Å². The van der Waals surface area contributed by atoms with Gasteiger partial charge in [0.2, 0.25) is 0 Å². The summed E-state index contributed by atoms with van der Waals surface area (Å²) in [4.78, 5) is 15.4. The van der Waals surface area contributed by atoms with Crippen molar-refractivity contribution in [2.24, 2.45) is 0 Å². The van der Waals surface area contributed by atoms with E-state index in [9.17, 15) is 4.20 Å². The summed E-state index contributed by atoms with van der Waals surface area (Å²) in [5.74, 6) is 0. The molecule has 4 N–H and O–H groups in total. The second kappa shape index (κ2) is 5.18. The van der Waals surface area contributed by atoms with Crippen LogP contribution in [0, 0.1) is 0 Å². The van der Waals surface area contributed by atoms with Crippen molar-refractivity contribution in [1.29, 1.82) is 0 Å². The summed E-state index contributed by atoms with van der Waals surface area (Å²) in [6.07, 6.45) is 0. The van der Waals surface area contributed by atoms with E-state index >= 15 is 0 Å². The molecule has 0 aliphatic heterocycles. The van der Waals surface area contributed by atoms with Gasteiger partial charge >= 0.3 is 37.5 Å².